The standard InChI is InChI=1S/C18H18N2OS3/c1-13-3-5-15(6-4-13)16-11-23-18(19-16)24-12-17(21)20(2)9-14-7-8-22-10-14/h3-8,10-11H,9,12H2,1-2H3. The molecule has 2 aromatic heterocycles. The Labute approximate surface area is 154 Å². The second-order valence-electron chi connectivity index (χ2n) is 5.53. The summed E-state index contributed by atoms with van der Waals surface area (Å²) < 4.78 is 0.933. The lowest BCUT2D eigenvalue weighted by atomic mass is 10.1. The van der Waals surface area contributed by atoms with Crippen molar-refractivity contribution in [3.63, 3.8) is 0 Å². The highest BCUT2D eigenvalue weighted by molar-refractivity contribution is 8.01. The fourth-order valence-electron chi connectivity index (χ4n) is 2.16. The lowest BCUT2D eigenvalue weighted by Gasteiger charge is -2.15. The van der Waals surface area contributed by atoms with Gasteiger partial charge in [-0.1, -0.05) is 41.6 Å². The number of amides is 1. The molecular formula is C18H18N2OS3. The second kappa shape index (κ2) is 7.96. The zero-order valence-corrected chi connectivity index (χ0v) is 16.0. The van der Waals surface area contributed by atoms with Crippen LogP contribution in [0.1, 0.15) is 11.1 Å². The minimum atomic E-state index is 0.123. The van der Waals surface area contributed by atoms with Crippen molar-refractivity contribution < 1.29 is 4.79 Å². The largest absolute Gasteiger partial charge is 0.341 e. The fraction of sp³-hybridized carbons (Fsp3) is 0.222. The zero-order valence-electron chi connectivity index (χ0n) is 13.6. The van der Waals surface area contributed by atoms with E-state index in [1.807, 2.05) is 17.8 Å². The molecule has 0 fully saturated rings. The van der Waals surface area contributed by atoms with Crippen molar-refractivity contribution in [2.45, 2.75) is 17.8 Å². The molecular weight excluding hydrogens is 356 g/mol. The van der Waals surface area contributed by atoms with E-state index in [0.29, 0.717) is 12.3 Å². The van der Waals surface area contributed by atoms with Crippen LogP contribution in [0.25, 0.3) is 11.3 Å². The first-order chi connectivity index (χ1) is 11.6. The van der Waals surface area contributed by atoms with Gasteiger partial charge in [0.05, 0.1) is 11.4 Å². The normalized spacial score (nSPS) is 10.8. The van der Waals surface area contributed by atoms with Gasteiger partial charge in [0.25, 0.3) is 0 Å². The quantitative estimate of drug-likeness (QED) is 0.574. The first kappa shape index (κ1) is 17.2. The van der Waals surface area contributed by atoms with Gasteiger partial charge in [0.15, 0.2) is 4.34 Å². The number of carbonyl (C=O) groups is 1. The number of carbonyl (C=O) groups excluding carboxylic acids is 1. The van der Waals surface area contributed by atoms with E-state index in [4.69, 9.17) is 0 Å². The summed E-state index contributed by atoms with van der Waals surface area (Å²) in [5, 5.41) is 6.16. The van der Waals surface area contributed by atoms with Crippen molar-refractivity contribution in [1.29, 1.82) is 0 Å². The van der Waals surface area contributed by atoms with Crippen molar-refractivity contribution >= 4 is 40.3 Å². The SMILES string of the molecule is Cc1ccc(-c2csc(SCC(=O)N(C)Cc3ccsc3)n2)cc1. The third-order valence-electron chi connectivity index (χ3n) is 3.58. The van der Waals surface area contributed by atoms with Crippen LogP contribution in [-0.2, 0) is 11.3 Å². The summed E-state index contributed by atoms with van der Waals surface area (Å²) in [6.07, 6.45) is 0. The minimum Gasteiger partial charge on any atom is -0.341 e. The summed E-state index contributed by atoms with van der Waals surface area (Å²) in [6.45, 7) is 2.74. The van der Waals surface area contributed by atoms with Gasteiger partial charge in [-0.2, -0.15) is 11.3 Å². The molecule has 2 heterocycles. The topological polar surface area (TPSA) is 33.2 Å². The Morgan fingerprint density at radius 2 is 2.00 bits per heavy atom. The predicted molar refractivity (Wildman–Crippen MR) is 104 cm³/mol. The Balaban J connectivity index is 1.55. The Kier molecular flexibility index (Phi) is 5.71. The summed E-state index contributed by atoms with van der Waals surface area (Å²) >= 11 is 4.75. The van der Waals surface area contributed by atoms with Crippen LogP contribution in [0.3, 0.4) is 0 Å². The van der Waals surface area contributed by atoms with Crippen LogP contribution in [0.2, 0.25) is 0 Å². The average Bonchev–Trinajstić information content (AvgIpc) is 3.25. The Morgan fingerprint density at radius 3 is 2.71 bits per heavy atom. The molecule has 1 aromatic carbocycles. The molecule has 0 saturated carbocycles. The third-order valence-corrected chi connectivity index (χ3v) is 6.31. The zero-order chi connectivity index (χ0) is 16.9. The van der Waals surface area contributed by atoms with E-state index in [2.05, 4.69) is 47.6 Å². The lowest BCUT2D eigenvalue weighted by Crippen LogP contribution is -2.27. The van der Waals surface area contributed by atoms with E-state index in [1.165, 1.54) is 22.9 Å². The molecule has 0 unspecified atom stereocenters. The number of thiazole rings is 1. The molecule has 0 aliphatic carbocycles. The first-order valence-electron chi connectivity index (χ1n) is 7.52. The molecule has 3 nitrogen and oxygen atoms in total. The summed E-state index contributed by atoms with van der Waals surface area (Å²) in [5.74, 6) is 0.542. The third kappa shape index (κ3) is 4.47. The molecule has 0 radical (unpaired) electrons. The summed E-state index contributed by atoms with van der Waals surface area (Å²) in [6, 6.07) is 10.4. The highest BCUT2D eigenvalue weighted by Crippen LogP contribution is 2.28. The van der Waals surface area contributed by atoms with E-state index >= 15 is 0 Å². The number of thioether (sulfide) groups is 1. The number of aryl methyl sites for hydroxylation is 1. The smallest absolute Gasteiger partial charge is 0.233 e. The van der Waals surface area contributed by atoms with Gasteiger partial charge >= 0.3 is 0 Å². The van der Waals surface area contributed by atoms with Gasteiger partial charge in [-0.25, -0.2) is 4.98 Å². The van der Waals surface area contributed by atoms with E-state index in [9.17, 15) is 4.79 Å². The van der Waals surface area contributed by atoms with Crippen molar-refractivity contribution in [2.24, 2.45) is 0 Å². The number of nitrogens with zero attached hydrogens (tertiary/aromatic N) is 2. The summed E-state index contributed by atoms with van der Waals surface area (Å²) in [7, 11) is 1.85. The summed E-state index contributed by atoms with van der Waals surface area (Å²) in [4.78, 5) is 18.6. The molecule has 6 heteroatoms. The van der Waals surface area contributed by atoms with Crippen molar-refractivity contribution in [3.8, 4) is 11.3 Å². The maximum atomic E-state index is 12.2. The van der Waals surface area contributed by atoms with Crippen LogP contribution in [0.15, 0.2) is 50.8 Å². The number of rotatable bonds is 6. The molecule has 0 bridgehead atoms. The molecule has 3 aromatic rings. The van der Waals surface area contributed by atoms with Gasteiger partial charge in [0.1, 0.15) is 0 Å². The molecule has 124 valence electrons. The van der Waals surface area contributed by atoms with Crippen molar-refractivity contribution in [2.75, 3.05) is 12.8 Å². The molecule has 3 rings (SSSR count). The predicted octanol–water partition coefficient (Wildman–Crippen LogP) is 4.93. The monoisotopic (exact) mass is 374 g/mol. The van der Waals surface area contributed by atoms with Crippen LogP contribution in [0.4, 0.5) is 0 Å². The van der Waals surface area contributed by atoms with Gasteiger partial charge in [0.2, 0.25) is 5.91 Å². The number of hydrogen-bond donors (Lipinski definition) is 0. The van der Waals surface area contributed by atoms with E-state index in [-0.39, 0.29) is 5.91 Å². The first-order valence-corrected chi connectivity index (χ1v) is 10.3. The van der Waals surface area contributed by atoms with Crippen molar-refractivity contribution in [3.05, 3.63) is 57.6 Å². The molecule has 0 spiro atoms. The van der Waals surface area contributed by atoms with Gasteiger partial charge in [0, 0.05) is 24.5 Å². The maximum absolute atomic E-state index is 12.2. The van der Waals surface area contributed by atoms with Gasteiger partial charge < -0.3 is 4.90 Å². The van der Waals surface area contributed by atoms with Crippen LogP contribution in [-0.4, -0.2) is 28.6 Å². The Morgan fingerprint density at radius 1 is 1.21 bits per heavy atom. The minimum absolute atomic E-state index is 0.123. The van der Waals surface area contributed by atoms with Crippen molar-refractivity contribution in [1.82, 2.24) is 9.88 Å². The summed E-state index contributed by atoms with van der Waals surface area (Å²) in [5.41, 5.74) is 4.51. The maximum Gasteiger partial charge on any atom is 0.233 e. The molecule has 0 aliphatic rings. The van der Waals surface area contributed by atoms with Crippen LogP contribution in [0.5, 0.6) is 0 Å². The highest BCUT2D eigenvalue weighted by Gasteiger charge is 2.12. The molecule has 1 amide bonds. The van der Waals surface area contributed by atoms with Gasteiger partial charge in [-0.3, -0.25) is 4.79 Å². The number of hydrogen-bond acceptors (Lipinski definition) is 5. The second-order valence-corrected chi connectivity index (χ2v) is 8.40. The molecule has 0 saturated heterocycles. The fourth-order valence-corrected chi connectivity index (χ4v) is 4.59. The van der Waals surface area contributed by atoms with E-state index < -0.39 is 0 Å². The molecule has 0 aliphatic heterocycles. The highest BCUT2D eigenvalue weighted by atomic mass is 32.2. The van der Waals surface area contributed by atoms with E-state index in [1.54, 1.807) is 27.6 Å². The number of thiophene rings is 1. The molecule has 24 heavy (non-hydrogen) atoms. The Hall–Kier alpha value is -1.63. The van der Waals surface area contributed by atoms with Crippen LogP contribution in [0, 0.1) is 6.92 Å². The van der Waals surface area contributed by atoms with Gasteiger partial charge in [-0.05, 0) is 29.3 Å². The average molecular weight is 375 g/mol. The Bertz CT molecular complexity index is 794. The number of aromatic nitrogens is 1. The van der Waals surface area contributed by atoms with Crippen LogP contribution >= 0.6 is 34.4 Å². The molecule has 0 atom stereocenters. The molecule has 0 N–H and O–H groups in total. The lowest BCUT2D eigenvalue weighted by molar-refractivity contribution is -0.127. The number of benzene rings is 1. The van der Waals surface area contributed by atoms with Gasteiger partial charge in [-0.15, -0.1) is 11.3 Å². The van der Waals surface area contributed by atoms with Crippen LogP contribution < -0.4 is 0 Å². The van der Waals surface area contributed by atoms with E-state index in [0.717, 1.165) is 15.6 Å².